The Balaban J connectivity index is 2.06. The zero-order chi connectivity index (χ0) is 17.6. The van der Waals surface area contributed by atoms with E-state index in [1.165, 1.54) is 33.1 Å². The van der Waals surface area contributed by atoms with E-state index in [4.69, 9.17) is 4.74 Å². The first-order chi connectivity index (χ1) is 11.5. The number of rotatable bonds is 6. The summed E-state index contributed by atoms with van der Waals surface area (Å²) >= 11 is 0. The van der Waals surface area contributed by atoms with E-state index in [1.807, 2.05) is 6.07 Å². The van der Waals surface area contributed by atoms with E-state index in [0.717, 1.165) is 31.7 Å². The summed E-state index contributed by atoms with van der Waals surface area (Å²) in [4.78, 5) is 30.2. The Morgan fingerprint density at radius 3 is 2.46 bits per heavy atom. The highest BCUT2D eigenvalue weighted by atomic mass is 16.5. The lowest BCUT2D eigenvalue weighted by molar-refractivity contribution is -0.145. The average Bonchev–Trinajstić information content (AvgIpc) is 2.84. The summed E-state index contributed by atoms with van der Waals surface area (Å²) in [7, 11) is 1.39. The maximum Gasteiger partial charge on any atom is 0.331 e. The van der Waals surface area contributed by atoms with Gasteiger partial charge >= 0.3 is 5.97 Å². The van der Waals surface area contributed by atoms with Gasteiger partial charge in [0.15, 0.2) is 5.54 Å². The van der Waals surface area contributed by atoms with Gasteiger partial charge in [0.25, 0.3) is 5.91 Å². The Morgan fingerprint density at radius 1 is 1.29 bits per heavy atom. The van der Waals surface area contributed by atoms with Gasteiger partial charge < -0.3 is 20.1 Å². The Hall–Kier alpha value is -2.15. The number of nitrogens with one attached hydrogen (secondary N) is 1. The predicted molar refractivity (Wildman–Crippen MR) is 90.3 cm³/mol. The number of pyridine rings is 1. The van der Waals surface area contributed by atoms with Crippen molar-refractivity contribution in [2.45, 2.75) is 38.1 Å². The van der Waals surface area contributed by atoms with Crippen LogP contribution in [-0.2, 0) is 9.53 Å². The molecule has 7 heteroatoms. The number of ether oxygens (including phenoxy) is 1. The fraction of sp³-hybridized carbons (Fsp3) is 0.588. The van der Waals surface area contributed by atoms with Crippen LogP contribution in [0.1, 0.15) is 43.0 Å². The number of carbonyl (C=O) groups excluding carboxylic acids is 1. The molecule has 7 nitrogen and oxygen atoms in total. The number of aromatic nitrogens is 1. The van der Waals surface area contributed by atoms with Crippen molar-refractivity contribution in [3.63, 3.8) is 0 Å². The van der Waals surface area contributed by atoms with Gasteiger partial charge in [0.05, 0.1) is 12.2 Å². The van der Waals surface area contributed by atoms with Crippen LogP contribution >= 0.6 is 0 Å². The third-order valence-corrected chi connectivity index (χ3v) is 4.23. The highest BCUT2D eigenvalue weighted by molar-refractivity contribution is 5.97. The van der Waals surface area contributed by atoms with Crippen molar-refractivity contribution in [3.05, 3.63) is 23.9 Å². The molecule has 24 heavy (non-hydrogen) atoms. The van der Waals surface area contributed by atoms with Crippen molar-refractivity contribution in [3.8, 4) is 0 Å². The summed E-state index contributed by atoms with van der Waals surface area (Å²) in [6, 6.07) is 3.49. The molecule has 0 bridgehead atoms. The number of amides is 1. The van der Waals surface area contributed by atoms with Gasteiger partial charge in [-0.15, -0.1) is 0 Å². The molecule has 0 spiro atoms. The van der Waals surface area contributed by atoms with Crippen LogP contribution in [0.4, 0.5) is 5.82 Å². The highest BCUT2D eigenvalue weighted by Crippen LogP contribution is 2.17. The number of carboxylic acids is 1. The van der Waals surface area contributed by atoms with Gasteiger partial charge in [-0.1, -0.05) is 12.8 Å². The van der Waals surface area contributed by atoms with Gasteiger partial charge in [0.2, 0.25) is 0 Å². The molecule has 1 aromatic rings. The molecule has 2 heterocycles. The number of carbonyl (C=O) groups is 2. The van der Waals surface area contributed by atoms with Crippen LogP contribution in [-0.4, -0.2) is 54.3 Å². The molecule has 1 unspecified atom stereocenters. The minimum atomic E-state index is -1.48. The normalized spacial score (nSPS) is 17.7. The van der Waals surface area contributed by atoms with Crippen molar-refractivity contribution < 1.29 is 19.4 Å². The topological polar surface area (TPSA) is 91.8 Å². The molecule has 1 atom stereocenters. The number of hydrogen-bond donors (Lipinski definition) is 2. The molecule has 1 aromatic heterocycles. The van der Waals surface area contributed by atoms with Crippen LogP contribution in [0, 0.1) is 0 Å². The zero-order valence-electron chi connectivity index (χ0n) is 14.2. The lowest BCUT2D eigenvalue weighted by Gasteiger charge is -2.25. The van der Waals surface area contributed by atoms with E-state index in [9.17, 15) is 14.7 Å². The molecular weight excluding hydrogens is 310 g/mol. The molecule has 132 valence electrons. The molecule has 2 N–H and O–H groups in total. The minimum Gasteiger partial charge on any atom is -0.479 e. The molecule has 1 aliphatic rings. The second kappa shape index (κ2) is 8.10. The largest absolute Gasteiger partial charge is 0.479 e. The number of hydrogen-bond acceptors (Lipinski definition) is 5. The van der Waals surface area contributed by atoms with Crippen molar-refractivity contribution in [1.29, 1.82) is 0 Å². The van der Waals surface area contributed by atoms with E-state index >= 15 is 0 Å². The Kier molecular flexibility index (Phi) is 6.14. The summed E-state index contributed by atoms with van der Waals surface area (Å²) < 4.78 is 4.90. The molecule has 1 fully saturated rings. The molecule has 0 radical (unpaired) electrons. The van der Waals surface area contributed by atoms with Crippen LogP contribution in [0.2, 0.25) is 0 Å². The van der Waals surface area contributed by atoms with E-state index in [2.05, 4.69) is 15.2 Å². The maximum atomic E-state index is 12.3. The summed E-state index contributed by atoms with van der Waals surface area (Å²) in [6.07, 6.45) is 6.27. The lowest BCUT2D eigenvalue weighted by atomic mass is 10.0. The summed E-state index contributed by atoms with van der Waals surface area (Å²) in [5.41, 5.74) is -1.15. The van der Waals surface area contributed by atoms with E-state index < -0.39 is 17.4 Å². The first-order valence-electron chi connectivity index (χ1n) is 8.22. The molecule has 1 saturated heterocycles. The van der Waals surface area contributed by atoms with Crippen LogP contribution in [0.5, 0.6) is 0 Å². The number of carboxylic acid groups (broad SMARTS) is 1. The molecular formula is C17H25N3O4. The molecule has 1 aliphatic heterocycles. The quantitative estimate of drug-likeness (QED) is 0.822. The lowest BCUT2D eigenvalue weighted by Crippen LogP contribution is -2.55. The minimum absolute atomic E-state index is 0.118. The van der Waals surface area contributed by atoms with Crippen molar-refractivity contribution in [2.75, 3.05) is 31.7 Å². The van der Waals surface area contributed by atoms with Crippen LogP contribution < -0.4 is 10.2 Å². The first kappa shape index (κ1) is 18.2. The third-order valence-electron chi connectivity index (χ3n) is 4.23. The number of nitrogens with zero attached hydrogens (tertiary/aromatic N) is 2. The Morgan fingerprint density at radius 2 is 1.96 bits per heavy atom. The van der Waals surface area contributed by atoms with E-state index in [-0.39, 0.29) is 6.61 Å². The van der Waals surface area contributed by atoms with Gasteiger partial charge in [0.1, 0.15) is 5.82 Å². The van der Waals surface area contributed by atoms with Crippen LogP contribution in [0.3, 0.4) is 0 Å². The fourth-order valence-electron chi connectivity index (χ4n) is 2.77. The van der Waals surface area contributed by atoms with Crippen LogP contribution in [0.15, 0.2) is 18.3 Å². The number of aliphatic carboxylic acids is 1. The fourth-order valence-corrected chi connectivity index (χ4v) is 2.77. The highest BCUT2D eigenvalue weighted by Gasteiger charge is 2.35. The predicted octanol–water partition coefficient (Wildman–Crippen LogP) is 1.68. The maximum absolute atomic E-state index is 12.3. The Bertz CT molecular complexity index is 568. The second-order valence-corrected chi connectivity index (χ2v) is 6.33. The van der Waals surface area contributed by atoms with Crippen molar-refractivity contribution in [1.82, 2.24) is 10.3 Å². The SMILES string of the molecule is COCC(C)(NC(=O)c1ccc(N2CCCCCC2)nc1)C(=O)O. The molecule has 0 saturated carbocycles. The van der Waals surface area contributed by atoms with Gasteiger partial charge in [-0.25, -0.2) is 9.78 Å². The van der Waals surface area contributed by atoms with Gasteiger partial charge in [-0.3, -0.25) is 4.79 Å². The monoisotopic (exact) mass is 335 g/mol. The standard InChI is InChI=1S/C17H25N3O4/c1-17(12-24-2,16(22)23)19-15(21)13-7-8-14(18-11-13)20-9-5-3-4-6-10-20/h7-8,11H,3-6,9-10,12H2,1-2H3,(H,19,21)(H,22,23). The second-order valence-electron chi connectivity index (χ2n) is 6.33. The number of methoxy groups -OCH3 is 1. The van der Waals surface area contributed by atoms with E-state index in [1.54, 1.807) is 6.07 Å². The van der Waals surface area contributed by atoms with Gasteiger partial charge in [0, 0.05) is 26.4 Å². The smallest absolute Gasteiger partial charge is 0.331 e. The number of anilines is 1. The Labute approximate surface area is 142 Å². The molecule has 1 amide bonds. The zero-order valence-corrected chi connectivity index (χ0v) is 14.2. The van der Waals surface area contributed by atoms with Crippen molar-refractivity contribution >= 4 is 17.7 Å². The van der Waals surface area contributed by atoms with Crippen molar-refractivity contribution in [2.24, 2.45) is 0 Å². The summed E-state index contributed by atoms with van der Waals surface area (Å²) in [6.45, 7) is 3.25. The van der Waals surface area contributed by atoms with Crippen LogP contribution in [0.25, 0.3) is 0 Å². The molecule has 0 aromatic carbocycles. The summed E-state index contributed by atoms with van der Waals surface area (Å²) in [5.74, 6) is -0.773. The molecule has 0 aliphatic carbocycles. The molecule has 2 rings (SSSR count). The third kappa shape index (κ3) is 4.44. The summed E-state index contributed by atoms with van der Waals surface area (Å²) in [5, 5.41) is 11.8. The van der Waals surface area contributed by atoms with E-state index in [0.29, 0.717) is 5.56 Å². The average molecular weight is 335 g/mol. The van der Waals surface area contributed by atoms with Gasteiger partial charge in [-0.05, 0) is 31.9 Å². The van der Waals surface area contributed by atoms with Gasteiger partial charge in [-0.2, -0.15) is 0 Å². The first-order valence-corrected chi connectivity index (χ1v) is 8.22.